The highest BCUT2D eigenvalue weighted by Gasteiger charge is 2.32. The van der Waals surface area contributed by atoms with Gasteiger partial charge in [0.1, 0.15) is 11.9 Å². The molecule has 0 saturated carbocycles. The monoisotopic (exact) mass is 281 g/mol. The van der Waals surface area contributed by atoms with Crippen LogP contribution in [-0.4, -0.2) is 50.3 Å². The quantitative estimate of drug-likeness (QED) is 0.911. The highest BCUT2D eigenvalue weighted by Crippen LogP contribution is 2.21. The van der Waals surface area contributed by atoms with Gasteiger partial charge in [-0.1, -0.05) is 6.07 Å². The van der Waals surface area contributed by atoms with Gasteiger partial charge in [0.25, 0.3) is 0 Å². The Hall–Kier alpha value is -2.31. The standard InChI is InChI=1S/C13H16FN3O3/c1-16(2)12(18)15-7-11-8-17(13(19)20-11)10-5-3-4-9(14)6-10/h3-6,11H,7-8H2,1-2H3,(H,15,18). The van der Waals surface area contributed by atoms with E-state index in [0.29, 0.717) is 5.69 Å². The smallest absolute Gasteiger partial charge is 0.414 e. The maximum atomic E-state index is 13.1. The van der Waals surface area contributed by atoms with Gasteiger partial charge in [0.15, 0.2) is 0 Å². The molecule has 2 rings (SSSR count). The number of halogens is 1. The van der Waals surface area contributed by atoms with Crippen molar-refractivity contribution in [2.24, 2.45) is 0 Å². The zero-order chi connectivity index (χ0) is 14.7. The summed E-state index contributed by atoms with van der Waals surface area (Å²) in [5.74, 6) is -0.417. The van der Waals surface area contributed by atoms with Crippen LogP contribution in [-0.2, 0) is 4.74 Å². The van der Waals surface area contributed by atoms with Crippen molar-refractivity contribution in [1.82, 2.24) is 10.2 Å². The van der Waals surface area contributed by atoms with Crippen LogP contribution in [0.1, 0.15) is 0 Å². The number of rotatable bonds is 3. The Morgan fingerprint density at radius 1 is 1.55 bits per heavy atom. The molecule has 1 heterocycles. The van der Waals surface area contributed by atoms with E-state index >= 15 is 0 Å². The van der Waals surface area contributed by atoms with E-state index < -0.39 is 18.0 Å². The second-order valence-corrected chi connectivity index (χ2v) is 4.68. The predicted molar refractivity (Wildman–Crippen MR) is 71.1 cm³/mol. The summed E-state index contributed by atoms with van der Waals surface area (Å²) in [6, 6.07) is 5.47. The number of nitrogens with zero attached hydrogens (tertiary/aromatic N) is 2. The van der Waals surface area contributed by atoms with Gasteiger partial charge < -0.3 is 15.0 Å². The Balaban J connectivity index is 1.95. The first-order valence-corrected chi connectivity index (χ1v) is 6.16. The Kier molecular flexibility index (Phi) is 4.07. The summed E-state index contributed by atoms with van der Waals surface area (Å²) >= 11 is 0. The van der Waals surface area contributed by atoms with Gasteiger partial charge in [-0.3, -0.25) is 4.90 Å². The molecule has 0 bridgehead atoms. The number of hydrogen-bond acceptors (Lipinski definition) is 3. The summed E-state index contributed by atoms with van der Waals surface area (Å²) in [5, 5.41) is 2.64. The zero-order valence-electron chi connectivity index (χ0n) is 11.3. The summed E-state index contributed by atoms with van der Waals surface area (Å²) in [6.45, 7) is 0.491. The Labute approximate surface area is 116 Å². The molecule has 1 saturated heterocycles. The number of hydrogen-bond donors (Lipinski definition) is 1. The van der Waals surface area contributed by atoms with Crippen molar-refractivity contribution in [3.8, 4) is 0 Å². The Morgan fingerprint density at radius 2 is 2.30 bits per heavy atom. The third-order valence-electron chi connectivity index (χ3n) is 2.88. The first-order chi connectivity index (χ1) is 9.47. The third-order valence-corrected chi connectivity index (χ3v) is 2.88. The molecular weight excluding hydrogens is 265 g/mol. The van der Waals surface area contributed by atoms with Gasteiger partial charge >= 0.3 is 12.1 Å². The van der Waals surface area contributed by atoms with E-state index in [1.165, 1.54) is 28.0 Å². The molecule has 0 aromatic heterocycles. The number of amides is 3. The van der Waals surface area contributed by atoms with Crippen LogP contribution < -0.4 is 10.2 Å². The molecule has 1 aliphatic rings. The highest BCUT2D eigenvalue weighted by atomic mass is 19.1. The number of ether oxygens (including phenoxy) is 1. The van der Waals surface area contributed by atoms with Crippen molar-refractivity contribution in [2.45, 2.75) is 6.10 Å². The fourth-order valence-electron chi connectivity index (χ4n) is 1.84. The molecule has 20 heavy (non-hydrogen) atoms. The number of cyclic esters (lactones) is 1. The van der Waals surface area contributed by atoms with Gasteiger partial charge in [0.2, 0.25) is 0 Å². The number of nitrogens with one attached hydrogen (secondary N) is 1. The first kappa shape index (κ1) is 14.1. The summed E-state index contributed by atoms with van der Waals surface area (Å²) in [6.07, 6.45) is -0.991. The van der Waals surface area contributed by atoms with Crippen LogP contribution >= 0.6 is 0 Å². The van der Waals surface area contributed by atoms with Crippen LogP contribution in [0.25, 0.3) is 0 Å². The molecule has 1 aromatic rings. The highest BCUT2D eigenvalue weighted by molar-refractivity contribution is 5.89. The minimum atomic E-state index is -0.542. The van der Waals surface area contributed by atoms with Crippen LogP contribution in [0.4, 0.5) is 19.7 Å². The minimum Gasteiger partial charge on any atom is -0.442 e. The SMILES string of the molecule is CN(C)C(=O)NCC1CN(c2cccc(F)c2)C(=O)O1. The van der Waals surface area contributed by atoms with Gasteiger partial charge in [-0.2, -0.15) is 0 Å². The molecule has 6 nitrogen and oxygen atoms in total. The van der Waals surface area contributed by atoms with E-state index in [9.17, 15) is 14.0 Å². The van der Waals surface area contributed by atoms with Crippen molar-refractivity contribution < 1.29 is 18.7 Å². The average molecular weight is 281 g/mol. The summed E-state index contributed by atoms with van der Waals surface area (Å²) in [7, 11) is 3.24. The molecule has 1 N–H and O–H groups in total. The van der Waals surface area contributed by atoms with Crippen molar-refractivity contribution in [3.05, 3.63) is 30.1 Å². The molecule has 1 atom stereocenters. The maximum Gasteiger partial charge on any atom is 0.414 e. The van der Waals surface area contributed by atoms with E-state index in [-0.39, 0.29) is 19.1 Å². The number of carbonyl (C=O) groups excluding carboxylic acids is 2. The van der Waals surface area contributed by atoms with Crippen molar-refractivity contribution >= 4 is 17.8 Å². The van der Waals surface area contributed by atoms with Crippen LogP contribution in [0.2, 0.25) is 0 Å². The average Bonchev–Trinajstić information content (AvgIpc) is 2.77. The molecule has 1 unspecified atom stereocenters. The molecule has 1 aliphatic heterocycles. The van der Waals surface area contributed by atoms with Crippen molar-refractivity contribution in [3.63, 3.8) is 0 Å². The summed E-state index contributed by atoms with van der Waals surface area (Å²) in [5.41, 5.74) is 0.441. The van der Waals surface area contributed by atoms with E-state index in [0.717, 1.165) is 0 Å². The van der Waals surface area contributed by atoms with E-state index in [1.807, 2.05) is 0 Å². The van der Waals surface area contributed by atoms with Crippen molar-refractivity contribution in [2.75, 3.05) is 32.1 Å². The van der Waals surface area contributed by atoms with Gasteiger partial charge in [0.05, 0.1) is 18.8 Å². The molecular formula is C13H16FN3O3. The lowest BCUT2D eigenvalue weighted by Gasteiger charge is -2.15. The molecule has 0 spiro atoms. The van der Waals surface area contributed by atoms with Gasteiger partial charge in [-0.15, -0.1) is 0 Å². The lowest BCUT2D eigenvalue weighted by molar-refractivity contribution is 0.139. The number of carbonyl (C=O) groups is 2. The van der Waals surface area contributed by atoms with Gasteiger partial charge in [-0.05, 0) is 18.2 Å². The molecule has 0 radical (unpaired) electrons. The molecule has 3 amide bonds. The molecule has 1 aromatic carbocycles. The first-order valence-electron chi connectivity index (χ1n) is 6.16. The zero-order valence-corrected chi connectivity index (χ0v) is 11.3. The number of anilines is 1. The van der Waals surface area contributed by atoms with Crippen molar-refractivity contribution in [1.29, 1.82) is 0 Å². The Morgan fingerprint density at radius 3 is 2.95 bits per heavy atom. The summed E-state index contributed by atoms with van der Waals surface area (Å²) in [4.78, 5) is 25.9. The fourth-order valence-corrected chi connectivity index (χ4v) is 1.84. The van der Waals surface area contributed by atoms with Crippen LogP contribution in [0.5, 0.6) is 0 Å². The second kappa shape index (κ2) is 5.77. The fraction of sp³-hybridized carbons (Fsp3) is 0.385. The van der Waals surface area contributed by atoms with E-state index in [4.69, 9.17) is 4.74 Å². The number of benzene rings is 1. The molecule has 7 heteroatoms. The second-order valence-electron chi connectivity index (χ2n) is 4.68. The normalized spacial score (nSPS) is 17.9. The van der Waals surface area contributed by atoms with Crippen LogP contribution in [0.3, 0.4) is 0 Å². The maximum absolute atomic E-state index is 13.1. The Bertz CT molecular complexity index is 521. The van der Waals surface area contributed by atoms with Crippen LogP contribution in [0, 0.1) is 5.82 Å². The minimum absolute atomic E-state index is 0.217. The molecule has 0 aliphatic carbocycles. The third kappa shape index (κ3) is 3.17. The predicted octanol–water partition coefficient (Wildman–Crippen LogP) is 1.42. The number of urea groups is 1. The van der Waals surface area contributed by atoms with Crippen LogP contribution in [0.15, 0.2) is 24.3 Å². The van der Waals surface area contributed by atoms with E-state index in [1.54, 1.807) is 20.2 Å². The largest absolute Gasteiger partial charge is 0.442 e. The topological polar surface area (TPSA) is 61.9 Å². The van der Waals surface area contributed by atoms with Gasteiger partial charge in [-0.25, -0.2) is 14.0 Å². The van der Waals surface area contributed by atoms with E-state index in [2.05, 4.69) is 5.32 Å². The summed E-state index contributed by atoms with van der Waals surface area (Å²) < 4.78 is 18.3. The molecule has 1 fully saturated rings. The van der Waals surface area contributed by atoms with Gasteiger partial charge in [0, 0.05) is 14.1 Å². The lowest BCUT2D eigenvalue weighted by atomic mass is 10.2. The molecule has 108 valence electrons. The lowest BCUT2D eigenvalue weighted by Crippen LogP contribution is -2.40.